The number of ether oxygens (including phenoxy) is 4. The molecule has 2 aromatic rings. The average molecular weight is 849 g/mol. The van der Waals surface area contributed by atoms with Crippen molar-refractivity contribution in [2.45, 2.75) is 85.6 Å². The summed E-state index contributed by atoms with van der Waals surface area (Å²) in [6.45, 7) is 19.5. The van der Waals surface area contributed by atoms with Crippen LogP contribution in [0.3, 0.4) is 0 Å². The Hall–Kier alpha value is -5.42. The average Bonchev–Trinajstić information content (AvgIpc) is 3.49. The minimum absolute atomic E-state index is 0.0513. The number of carbonyl (C=O) groups excluding carboxylic acids is 3. The number of allylic oxidation sites excluding steroid dienone is 2. The summed E-state index contributed by atoms with van der Waals surface area (Å²) in [5, 5.41) is 67.1. The molecule has 4 heterocycles. The highest BCUT2D eigenvalue weighted by atomic mass is 16.7. The number of hydrogen-bond acceptors (Lipinski definition) is 15. The first-order chi connectivity index (χ1) is 28.8. The zero-order valence-electron chi connectivity index (χ0n) is 36.3. The van der Waals surface area contributed by atoms with Crippen LogP contribution in [0.1, 0.15) is 70.0 Å². The Kier molecular flexibility index (Phi) is 14.6. The SMILES string of the molecule is C=CCN1CCN(/N=C\c2c3c(O)c4c(O)c(C)c5c(c4c2O)C(=O)[C@@](C)(O/C=C/[C@H](OC)[C@@H](C)[C@@H](OC(C)=O)[C@H](C)[C@@H](O)[C@H](C)[C@@H](O)[C@H](C)/C=C/C=C(/C)C(=O)N3)O5)CC1. The maximum Gasteiger partial charge on any atom is 0.312 e. The van der Waals surface area contributed by atoms with Crippen molar-refractivity contribution in [1.29, 1.82) is 0 Å². The number of aliphatic hydroxyl groups excluding tert-OH is 2. The fourth-order valence-electron chi connectivity index (χ4n) is 8.23. The molecule has 1 amide bonds. The number of rotatable bonds is 6. The summed E-state index contributed by atoms with van der Waals surface area (Å²) >= 11 is 0. The Morgan fingerprint density at radius 1 is 0.984 bits per heavy atom. The lowest BCUT2D eigenvalue weighted by Gasteiger charge is -2.38. The number of fused-ring (bicyclic) bond motifs is 14. The number of hydrazone groups is 1. The van der Waals surface area contributed by atoms with Crippen molar-refractivity contribution in [1.82, 2.24) is 9.91 Å². The molecule has 0 saturated carbocycles. The van der Waals surface area contributed by atoms with Crippen molar-refractivity contribution in [3.8, 4) is 23.0 Å². The number of methoxy groups -OCH3 is 1. The van der Waals surface area contributed by atoms with Gasteiger partial charge in [0.25, 0.3) is 11.7 Å². The third-order valence-electron chi connectivity index (χ3n) is 12.1. The molecule has 5 bridgehead atoms. The summed E-state index contributed by atoms with van der Waals surface area (Å²) in [6, 6.07) is 0. The molecule has 0 spiro atoms. The number of ketones is 1. The van der Waals surface area contributed by atoms with Crippen molar-refractivity contribution in [2.75, 3.05) is 45.2 Å². The van der Waals surface area contributed by atoms with E-state index < -0.39 is 88.8 Å². The molecule has 6 rings (SSSR count). The molecule has 0 radical (unpaired) electrons. The van der Waals surface area contributed by atoms with Gasteiger partial charge in [0.05, 0.1) is 53.0 Å². The van der Waals surface area contributed by atoms with E-state index in [-0.39, 0.29) is 44.5 Å². The van der Waals surface area contributed by atoms with Gasteiger partial charge in [-0.15, -0.1) is 6.58 Å². The molecule has 0 aliphatic carbocycles. The van der Waals surface area contributed by atoms with Crippen LogP contribution in [0.25, 0.3) is 10.8 Å². The lowest BCUT2D eigenvalue weighted by molar-refractivity contribution is -0.160. The van der Waals surface area contributed by atoms with Gasteiger partial charge in [0.1, 0.15) is 23.4 Å². The van der Waals surface area contributed by atoms with Crippen LogP contribution in [0.15, 0.2) is 53.9 Å². The number of nitrogens with one attached hydrogen (secondary N) is 1. The van der Waals surface area contributed by atoms with Gasteiger partial charge < -0.3 is 49.8 Å². The molecule has 0 unspecified atom stereocenters. The second kappa shape index (κ2) is 19.1. The van der Waals surface area contributed by atoms with Gasteiger partial charge in [-0.25, -0.2) is 0 Å². The molecule has 4 aliphatic rings. The summed E-state index contributed by atoms with van der Waals surface area (Å²) < 4.78 is 23.6. The predicted octanol–water partition coefficient (Wildman–Crippen LogP) is 4.89. The zero-order valence-corrected chi connectivity index (χ0v) is 36.3. The summed E-state index contributed by atoms with van der Waals surface area (Å²) in [5.41, 5.74) is -0.384. The molecule has 2 aromatic carbocycles. The van der Waals surface area contributed by atoms with E-state index in [1.54, 1.807) is 44.9 Å². The Bertz CT molecular complexity index is 2140. The van der Waals surface area contributed by atoms with Crippen molar-refractivity contribution < 1.29 is 58.9 Å². The molecule has 1 fully saturated rings. The van der Waals surface area contributed by atoms with Crippen LogP contribution in [0.4, 0.5) is 5.69 Å². The molecular weight excluding hydrogens is 789 g/mol. The maximum atomic E-state index is 14.5. The number of carbonyl (C=O) groups is 3. The van der Waals surface area contributed by atoms with Crippen LogP contribution in [-0.4, -0.2) is 129 Å². The van der Waals surface area contributed by atoms with Crippen molar-refractivity contribution in [2.24, 2.45) is 28.8 Å². The van der Waals surface area contributed by atoms with E-state index in [2.05, 4.69) is 21.9 Å². The van der Waals surface area contributed by atoms with Gasteiger partial charge in [0.2, 0.25) is 0 Å². The number of aliphatic hydroxyl groups is 2. The first-order valence-electron chi connectivity index (χ1n) is 20.5. The van der Waals surface area contributed by atoms with E-state index >= 15 is 0 Å². The number of nitrogens with zero attached hydrogens (tertiary/aromatic N) is 3. The van der Waals surface area contributed by atoms with Crippen LogP contribution >= 0.6 is 0 Å². The number of anilines is 1. The lowest BCUT2D eigenvalue weighted by Crippen LogP contribution is -2.46. The van der Waals surface area contributed by atoms with Crippen LogP contribution in [0.5, 0.6) is 23.0 Å². The van der Waals surface area contributed by atoms with Crippen molar-refractivity contribution >= 4 is 40.3 Å². The van der Waals surface area contributed by atoms with E-state index in [0.717, 1.165) is 0 Å². The molecule has 0 aromatic heterocycles. The van der Waals surface area contributed by atoms with Gasteiger partial charge in [-0.05, 0) is 19.9 Å². The van der Waals surface area contributed by atoms with Crippen molar-refractivity contribution in [3.63, 3.8) is 0 Å². The molecule has 16 nitrogen and oxygen atoms in total. The van der Waals surface area contributed by atoms with Crippen LogP contribution in [-0.2, 0) is 23.8 Å². The number of Topliss-reactive ketones (excluding diaryl/α,β-unsaturated/α-hetero) is 1. The standard InChI is InChI=1S/C45H60N4O12/c1-11-16-48-17-19-49(20-18-48)46-22-30-35-40(55)33-32(39(30)54)34-42(28(7)38(33)53)61-45(9,43(34)56)59-21-15-31(58-10)25(4)41(60-29(8)50)27(6)37(52)26(5)36(51)23(2)13-12-14-24(3)44(57)47-35/h11-15,21-23,25-27,31,36-37,41,51-55H,1,16-20H2,2-10H3,(H,47,57)/b13-12+,21-15+,24-14-,46-22-/t23-,25-,26-,27-,31+,36+,37+,41-,45+/m1/s1. The fraction of sp³-hybridized carbons (Fsp3) is 0.511. The number of amides is 1. The number of piperazine rings is 1. The van der Waals surface area contributed by atoms with Gasteiger partial charge in [-0.2, -0.15) is 5.10 Å². The third-order valence-corrected chi connectivity index (χ3v) is 12.1. The minimum Gasteiger partial charge on any atom is -0.507 e. The molecule has 61 heavy (non-hydrogen) atoms. The second-order valence-corrected chi connectivity index (χ2v) is 16.4. The molecule has 16 heteroatoms. The Morgan fingerprint density at radius 3 is 2.28 bits per heavy atom. The second-order valence-electron chi connectivity index (χ2n) is 16.4. The van der Waals surface area contributed by atoms with Gasteiger partial charge in [-0.3, -0.25) is 24.3 Å². The van der Waals surface area contributed by atoms with Gasteiger partial charge in [0.15, 0.2) is 5.75 Å². The van der Waals surface area contributed by atoms with E-state index in [0.29, 0.717) is 32.7 Å². The minimum atomic E-state index is -2.05. The summed E-state index contributed by atoms with van der Waals surface area (Å²) in [4.78, 5) is 42.8. The fourth-order valence-corrected chi connectivity index (χ4v) is 8.23. The molecular formula is C45H60N4O12. The van der Waals surface area contributed by atoms with E-state index in [1.165, 1.54) is 59.4 Å². The van der Waals surface area contributed by atoms with Gasteiger partial charge in [0, 0.05) is 93.9 Å². The topological polar surface area (TPSA) is 220 Å². The number of phenolic OH excluding ortho intramolecular Hbond substituents is 3. The highest BCUT2D eigenvalue weighted by molar-refractivity contribution is 6.23. The number of hydrogen-bond donors (Lipinski definition) is 6. The molecule has 6 N–H and O–H groups in total. The first kappa shape index (κ1) is 46.6. The summed E-state index contributed by atoms with van der Waals surface area (Å²) in [7, 11) is 1.44. The Balaban J connectivity index is 1.69. The number of esters is 1. The number of phenols is 3. The third kappa shape index (κ3) is 9.42. The van der Waals surface area contributed by atoms with Gasteiger partial charge in [-0.1, -0.05) is 52.0 Å². The van der Waals surface area contributed by atoms with Crippen LogP contribution < -0.4 is 10.1 Å². The largest absolute Gasteiger partial charge is 0.507 e. The lowest BCUT2D eigenvalue weighted by atomic mass is 9.78. The quantitative estimate of drug-likeness (QED) is 0.0750. The van der Waals surface area contributed by atoms with Gasteiger partial charge >= 0.3 is 11.8 Å². The smallest absolute Gasteiger partial charge is 0.312 e. The molecule has 4 aliphatic heterocycles. The molecule has 332 valence electrons. The maximum absolute atomic E-state index is 14.5. The predicted molar refractivity (Wildman–Crippen MR) is 230 cm³/mol. The summed E-state index contributed by atoms with van der Waals surface area (Å²) in [6.07, 6.45) is 6.65. The van der Waals surface area contributed by atoms with Crippen LogP contribution in [0, 0.1) is 30.6 Å². The Morgan fingerprint density at radius 2 is 1.66 bits per heavy atom. The van der Waals surface area contributed by atoms with E-state index in [4.69, 9.17) is 18.9 Å². The molecule has 1 saturated heterocycles. The zero-order chi connectivity index (χ0) is 45.1. The number of benzene rings is 2. The Labute approximate surface area is 356 Å². The van der Waals surface area contributed by atoms with E-state index in [1.807, 2.05) is 6.08 Å². The summed E-state index contributed by atoms with van der Waals surface area (Å²) in [5.74, 6) is -8.41. The highest BCUT2D eigenvalue weighted by Crippen LogP contribution is 2.55. The van der Waals surface area contributed by atoms with Crippen LogP contribution in [0.2, 0.25) is 0 Å². The molecule has 9 atom stereocenters. The first-order valence-corrected chi connectivity index (χ1v) is 20.5. The number of aromatic hydroxyl groups is 3. The normalized spacial score (nSPS) is 31.3. The highest BCUT2D eigenvalue weighted by Gasteiger charge is 2.50. The van der Waals surface area contributed by atoms with Crippen molar-refractivity contribution in [3.05, 3.63) is 65.5 Å². The van der Waals surface area contributed by atoms with E-state index in [9.17, 15) is 39.9 Å². The monoisotopic (exact) mass is 848 g/mol.